The number of nitrogens with zero attached hydrogens (tertiary/aromatic N) is 1. The summed E-state index contributed by atoms with van der Waals surface area (Å²) in [4.78, 5) is 26.6. The summed E-state index contributed by atoms with van der Waals surface area (Å²) in [7, 11) is 3.12. The van der Waals surface area contributed by atoms with Gasteiger partial charge in [0.25, 0.3) is 0 Å². The number of hydrogen-bond acceptors (Lipinski definition) is 4. The number of carbonyl (C=O) groups is 2. The number of ether oxygens (including phenoxy) is 2. The second-order valence-electron chi connectivity index (χ2n) is 6.42. The molecular weight excluding hydrogens is 344 g/mol. The minimum atomic E-state index is -0.208. The Kier molecular flexibility index (Phi) is 5.96. The molecule has 2 aromatic rings. The molecule has 0 saturated carbocycles. The van der Waals surface area contributed by atoms with Gasteiger partial charge in [0, 0.05) is 12.2 Å². The highest BCUT2D eigenvalue weighted by atomic mass is 16.5. The molecule has 6 nitrogen and oxygen atoms in total. The minimum absolute atomic E-state index is 0.0134. The average molecular weight is 368 g/mol. The Morgan fingerprint density at radius 1 is 1.07 bits per heavy atom. The first-order chi connectivity index (χ1) is 13.1. The number of carbonyl (C=O) groups excluding carboxylic acids is 2. The average Bonchev–Trinajstić information content (AvgIpc) is 2.71. The summed E-state index contributed by atoms with van der Waals surface area (Å²) in [5, 5.41) is 2.72. The van der Waals surface area contributed by atoms with Crippen LogP contribution in [-0.2, 0) is 22.4 Å². The Morgan fingerprint density at radius 2 is 1.85 bits per heavy atom. The molecule has 1 heterocycles. The summed E-state index contributed by atoms with van der Waals surface area (Å²) in [5.74, 6) is 0.882. The topological polar surface area (TPSA) is 67.9 Å². The quantitative estimate of drug-likeness (QED) is 0.850. The van der Waals surface area contributed by atoms with Crippen molar-refractivity contribution in [2.24, 2.45) is 0 Å². The molecule has 0 aliphatic carbocycles. The number of anilines is 1. The summed E-state index contributed by atoms with van der Waals surface area (Å²) in [6.45, 7) is 0.669. The Morgan fingerprint density at radius 3 is 2.63 bits per heavy atom. The maximum atomic E-state index is 12.6. The number of amides is 2. The Hall–Kier alpha value is -3.02. The fraction of sp³-hybridized carbons (Fsp3) is 0.333. The second kappa shape index (κ2) is 8.58. The van der Waals surface area contributed by atoms with Crippen LogP contribution in [0.4, 0.5) is 5.69 Å². The number of methoxy groups -OCH3 is 2. The molecule has 0 unspecified atom stereocenters. The molecule has 0 spiro atoms. The Bertz CT molecular complexity index is 835. The Labute approximate surface area is 159 Å². The van der Waals surface area contributed by atoms with Gasteiger partial charge in [0.05, 0.1) is 27.2 Å². The van der Waals surface area contributed by atoms with Crippen LogP contribution in [0.3, 0.4) is 0 Å². The van der Waals surface area contributed by atoms with Gasteiger partial charge in [0.1, 0.15) is 0 Å². The van der Waals surface area contributed by atoms with E-state index < -0.39 is 0 Å². The molecule has 6 heteroatoms. The van der Waals surface area contributed by atoms with Crippen molar-refractivity contribution in [1.29, 1.82) is 0 Å². The fourth-order valence-corrected chi connectivity index (χ4v) is 3.30. The predicted molar refractivity (Wildman–Crippen MR) is 103 cm³/mol. The van der Waals surface area contributed by atoms with Crippen LogP contribution in [0.2, 0.25) is 0 Å². The molecule has 1 N–H and O–H groups in total. The van der Waals surface area contributed by atoms with Crippen LogP contribution in [0.1, 0.15) is 17.5 Å². The highest BCUT2D eigenvalue weighted by Crippen LogP contribution is 2.28. The lowest BCUT2D eigenvalue weighted by molar-refractivity contribution is -0.124. The van der Waals surface area contributed by atoms with E-state index in [-0.39, 0.29) is 24.8 Å². The molecule has 0 fully saturated rings. The van der Waals surface area contributed by atoms with Gasteiger partial charge in [-0.1, -0.05) is 24.3 Å². The van der Waals surface area contributed by atoms with Crippen LogP contribution in [-0.4, -0.2) is 39.1 Å². The van der Waals surface area contributed by atoms with Crippen molar-refractivity contribution in [3.05, 3.63) is 53.6 Å². The van der Waals surface area contributed by atoms with E-state index in [1.54, 1.807) is 31.3 Å². The maximum Gasteiger partial charge on any atom is 0.246 e. The van der Waals surface area contributed by atoms with E-state index >= 15 is 0 Å². The molecule has 2 aromatic carbocycles. The number of fused-ring (bicyclic) bond motifs is 1. The summed E-state index contributed by atoms with van der Waals surface area (Å²) in [5.41, 5.74) is 2.91. The second-order valence-corrected chi connectivity index (χ2v) is 6.42. The lowest BCUT2D eigenvalue weighted by Gasteiger charge is -2.29. The molecule has 0 bridgehead atoms. The van der Waals surface area contributed by atoms with Crippen molar-refractivity contribution in [3.8, 4) is 11.5 Å². The summed E-state index contributed by atoms with van der Waals surface area (Å²) >= 11 is 0. The van der Waals surface area contributed by atoms with Crippen molar-refractivity contribution in [2.45, 2.75) is 19.3 Å². The molecule has 27 heavy (non-hydrogen) atoms. The maximum absolute atomic E-state index is 12.6. The van der Waals surface area contributed by atoms with E-state index in [2.05, 4.69) is 5.32 Å². The zero-order chi connectivity index (χ0) is 19.2. The first-order valence-corrected chi connectivity index (χ1v) is 8.98. The number of nitrogens with one attached hydrogen (secondary N) is 1. The zero-order valence-corrected chi connectivity index (χ0v) is 15.7. The van der Waals surface area contributed by atoms with Crippen molar-refractivity contribution in [3.63, 3.8) is 0 Å². The van der Waals surface area contributed by atoms with E-state index in [0.717, 1.165) is 24.1 Å². The molecule has 0 saturated heterocycles. The molecule has 1 aliphatic rings. The van der Waals surface area contributed by atoms with Gasteiger partial charge in [-0.25, -0.2) is 0 Å². The minimum Gasteiger partial charge on any atom is -0.493 e. The lowest BCUT2D eigenvalue weighted by Crippen LogP contribution is -2.43. The smallest absolute Gasteiger partial charge is 0.246 e. The normalized spacial score (nSPS) is 12.9. The molecule has 0 radical (unpaired) electrons. The van der Waals surface area contributed by atoms with Crippen molar-refractivity contribution in [1.82, 2.24) is 5.32 Å². The van der Waals surface area contributed by atoms with E-state index in [1.165, 1.54) is 5.56 Å². The largest absolute Gasteiger partial charge is 0.493 e. The van der Waals surface area contributed by atoms with Crippen LogP contribution >= 0.6 is 0 Å². The van der Waals surface area contributed by atoms with Gasteiger partial charge in [0.2, 0.25) is 11.8 Å². The van der Waals surface area contributed by atoms with Gasteiger partial charge >= 0.3 is 0 Å². The van der Waals surface area contributed by atoms with E-state index in [0.29, 0.717) is 18.0 Å². The molecule has 1 aliphatic heterocycles. The number of aryl methyl sites for hydroxylation is 1. The predicted octanol–water partition coefficient (Wildman–Crippen LogP) is 2.34. The van der Waals surface area contributed by atoms with Crippen LogP contribution in [0.15, 0.2) is 42.5 Å². The van der Waals surface area contributed by atoms with Crippen LogP contribution in [0.5, 0.6) is 11.5 Å². The van der Waals surface area contributed by atoms with Crippen molar-refractivity contribution < 1.29 is 19.1 Å². The van der Waals surface area contributed by atoms with Gasteiger partial charge in [-0.2, -0.15) is 0 Å². The first-order valence-electron chi connectivity index (χ1n) is 8.98. The van der Waals surface area contributed by atoms with Crippen LogP contribution in [0, 0.1) is 0 Å². The van der Waals surface area contributed by atoms with Crippen molar-refractivity contribution in [2.75, 3.05) is 32.2 Å². The Balaban J connectivity index is 1.57. The standard InChI is InChI=1S/C21H24N2O4/c1-26-18-10-9-15(12-19(18)27-2)13-20(24)22-14-21(25)23-11-5-7-16-6-3-4-8-17(16)23/h3-4,6,8-10,12H,5,7,11,13-14H2,1-2H3,(H,22,24). The summed E-state index contributed by atoms with van der Waals surface area (Å²) < 4.78 is 10.4. The first kappa shape index (κ1) is 18.8. The molecule has 142 valence electrons. The third-order valence-electron chi connectivity index (χ3n) is 4.66. The van der Waals surface area contributed by atoms with Crippen LogP contribution in [0.25, 0.3) is 0 Å². The highest BCUT2D eigenvalue weighted by molar-refractivity contribution is 5.97. The van der Waals surface area contributed by atoms with Crippen molar-refractivity contribution >= 4 is 17.5 Å². The number of para-hydroxylation sites is 1. The number of benzene rings is 2. The summed E-state index contributed by atoms with van der Waals surface area (Å²) in [6.07, 6.45) is 2.08. The molecule has 3 rings (SSSR count). The monoisotopic (exact) mass is 368 g/mol. The van der Waals surface area contributed by atoms with Gasteiger partial charge in [0.15, 0.2) is 11.5 Å². The number of rotatable bonds is 6. The lowest BCUT2D eigenvalue weighted by atomic mass is 10.0. The molecular formula is C21H24N2O4. The zero-order valence-electron chi connectivity index (χ0n) is 15.7. The van der Waals surface area contributed by atoms with E-state index in [4.69, 9.17) is 9.47 Å². The molecule has 2 amide bonds. The SMILES string of the molecule is COc1ccc(CC(=O)NCC(=O)N2CCCc3ccccc32)cc1OC. The third-order valence-corrected chi connectivity index (χ3v) is 4.66. The van der Waals surface area contributed by atoms with Gasteiger partial charge < -0.3 is 19.7 Å². The number of hydrogen-bond donors (Lipinski definition) is 1. The molecule has 0 atom stereocenters. The van der Waals surface area contributed by atoms with Crippen LogP contribution < -0.4 is 19.7 Å². The highest BCUT2D eigenvalue weighted by Gasteiger charge is 2.22. The fourth-order valence-electron chi connectivity index (χ4n) is 3.30. The van der Waals surface area contributed by atoms with E-state index in [1.807, 2.05) is 30.3 Å². The molecule has 0 aromatic heterocycles. The van der Waals surface area contributed by atoms with Gasteiger partial charge in [-0.05, 0) is 42.2 Å². The third kappa shape index (κ3) is 4.39. The van der Waals surface area contributed by atoms with Gasteiger partial charge in [-0.3, -0.25) is 9.59 Å². The summed E-state index contributed by atoms with van der Waals surface area (Å²) in [6, 6.07) is 13.3. The van der Waals surface area contributed by atoms with Gasteiger partial charge in [-0.15, -0.1) is 0 Å². The van der Waals surface area contributed by atoms with E-state index in [9.17, 15) is 9.59 Å².